The summed E-state index contributed by atoms with van der Waals surface area (Å²) in [5.41, 5.74) is 6.47. The van der Waals surface area contributed by atoms with Crippen molar-refractivity contribution in [2.24, 2.45) is 0 Å². The van der Waals surface area contributed by atoms with Crippen molar-refractivity contribution in [3.63, 3.8) is 0 Å². The number of aryl methyl sites for hydroxylation is 1. The van der Waals surface area contributed by atoms with Crippen molar-refractivity contribution in [2.75, 3.05) is 5.73 Å². The smallest absolute Gasteiger partial charge is 0.227 e. The number of nitrogens with two attached hydrogens (primary N) is 1. The summed E-state index contributed by atoms with van der Waals surface area (Å²) < 4.78 is 5.69. The highest BCUT2D eigenvalue weighted by Gasteiger charge is 2.13. The standard InChI is InChI=1S/C13H12Cl3N3O/c1-3-11-18-12(17)6(2)13(19-11)20-10-5-8(15)7(14)4-9(10)16/h4-5H,3H2,1-2H3,(H2,17,18,19). The maximum Gasteiger partial charge on any atom is 0.227 e. The molecule has 1 aromatic heterocycles. The molecule has 0 atom stereocenters. The van der Waals surface area contributed by atoms with Crippen LogP contribution in [-0.4, -0.2) is 9.97 Å². The van der Waals surface area contributed by atoms with Crippen LogP contribution in [0.15, 0.2) is 12.1 Å². The lowest BCUT2D eigenvalue weighted by Crippen LogP contribution is -2.04. The Morgan fingerprint density at radius 1 is 1.10 bits per heavy atom. The molecule has 0 saturated heterocycles. The zero-order chi connectivity index (χ0) is 14.9. The molecule has 0 fully saturated rings. The highest BCUT2D eigenvalue weighted by Crippen LogP contribution is 2.37. The molecule has 7 heteroatoms. The van der Waals surface area contributed by atoms with Gasteiger partial charge in [0.2, 0.25) is 5.88 Å². The van der Waals surface area contributed by atoms with E-state index in [-0.39, 0.29) is 0 Å². The van der Waals surface area contributed by atoms with E-state index >= 15 is 0 Å². The summed E-state index contributed by atoms with van der Waals surface area (Å²) >= 11 is 17.9. The summed E-state index contributed by atoms with van der Waals surface area (Å²) in [6.45, 7) is 3.70. The van der Waals surface area contributed by atoms with E-state index in [0.717, 1.165) is 0 Å². The Hall–Kier alpha value is -1.23. The van der Waals surface area contributed by atoms with E-state index < -0.39 is 0 Å². The topological polar surface area (TPSA) is 61.0 Å². The van der Waals surface area contributed by atoms with Gasteiger partial charge in [0.1, 0.15) is 17.4 Å². The molecule has 1 heterocycles. The lowest BCUT2D eigenvalue weighted by atomic mass is 10.3. The number of nitrogen functional groups attached to an aromatic ring is 1. The molecule has 0 saturated carbocycles. The third-order valence-corrected chi connectivity index (χ3v) is 3.70. The van der Waals surface area contributed by atoms with Gasteiger partial charge >= 0.3 is 0 Å². The SMILES string of the molecule is CCc1nc(N)c(C)c(Oc2cc(Cl)c(Cl)cc2Cl)n1. The van der Waals surface area contributed by atoms with Crippen LogP contribution in [-0.2, 0) is 6.42 Å². The van der Waals surface area contributed by atoms with Crippen molar-refractivity contribution >= 4 is 40.6 Å². The summed E-state index contributed by atoms with van der Waals surface area (Å²) in [6.07, 6.45) is 0.649. The zero-order valence-corrected chi connectivity index (χ0v) is 13.1. The van der Waals surface area contributed by atoms with E-state index in [0.29, 0.717) is 50.3 Å². The monoisotopic (exact) mass is 331 g/mol. The van der Waals surface area contributed by atoms with Crippen LogP contribution in [0, 0.1) is 6.92 Å². The molecule has 4 nitrogen and oxygen atoms in total. The number of ether oxygens (including phenoxy) is 1. The molecule has 20 heavy (non-hydrogen) atoms. The van der Waals surface area contributed by atoms with Gasteiger partial charge in [0, 0.05) is 12.5 Å². The Balaban J connectivity index is 2.44. The van der Waals surface area contributed by atoms with Gasteiger partial charge in [-0.15, -0.1) is 0 Å². The van der Waals surface area contributed by atoms with Gasteiger partial charge in [-0.3, -0.25) is 0 Å². The number of nitrogens with zero attached hydrogens (tertiary/aromatic N) is 2. The normalized spacial score (nSPS) is 10.7. The molecule has 0 aliphatic heterocycles. The van der Waals surface area contributed by atoms with E-state index in [9.17, 15) is 0 Å². The van der Waals surface area contributed by atoms with Gasteiger partial charge in [-0.25, -0.2) is 4.98 Å². The first-order valence-electron chi connectivity index (χ1n) is 5.87. The quantitative estimate of drug-likeness (QED) is 0.829. The molecular weight excluding hydrogens is 321 g/mol. The number of anilines is 1. The summed E-state index contributed by atoms with van der Waals surface area (Å²) in [6, 6.07) is 3.05. The third kappa shape index (κ3) is 3.08. The minimum Gasteiger partial charge on any atom is -0.437 e. The van der Waals surface area contributed by atoms with Crippen LogP contribution >= 0.6 is 34.8 Å². The van der Waals surface area contributed by atoms with E-state index in [1.807, 2.05) is 6.92 Å². The number of benzene rings is 1. The molecule has 2 rings (SSSR count). The molecule has 0 bridgehead atoms. The number of hydrogen-bond donors (Lipinski definition) is 1. The summed E-state index contributed by atoms with van der Waals surface area (Å²) in [5.74, 6) is 1.70. The van der Waals surface area contributed by atoms with Gasteiger partial charge in [-0.2, -0.15) is 4.98 Å². The lowest BCUT2D eigenvalue weighted by molar-refractivity contribution is 0.455. The second-order valence-electron chi connectivity index (χ2n) is 4.11. The van der Waals surface area contributed by atoms with Crippen molar-refractivity contribution in [1.82, 2.24) is 9.97 Å². The first-order chi connectivity index (χ1) is 9.42. The first kappa shape index (κ1) is 15.2. The number of halogens is 3. The molecule has 2 N–H and O–H groups in total. The summed E-state index contributed by atoms with van der Waals surface area (Å²) in [5, 5.41) is 1.05. The maximum absolute atomic E-state index is 6.07. The molecule has 106 valence electrons. The van der Waals surface area contributed by atoms with Crippen molar-refractivity contribution in [1.29, 1.82) is 0 Å². The van der Waals surface area contributed by atoms with Gasteiger partial charge in [0.05, 0.1) is 20.6 Å². The fraction of sp³-hybridized carbons (Fsp3) is 0.231. The van der Waals surface area contributed by atoms with E-state index in [1.165, 1.54) is 12.1 Å². The fourth-order valence-corrected chi connectivity index (χ4v) is 2.08. The maximum atomic E-state index is 6.07. The number of aromatic nitrogens is 2. The molecule has 2 aromatic rings. The largest absolute Gasteiger partial charge is 0.437 e. The van der Waals surface area contributed by atoms with Crippen molar-refractivity contribution in [3.8, 4) is 11.6 Å². The Labute approximate surface area is 131 Å². The summed E-state index contributed by atoms with van der Waals surface area (Å²) in [4.78, 5) is 8.45. The molecule has 0 aliphatic rings. The van der Waals surface area contributed by atoms with Crippen LogP contribution in [0.1, 0.15) is 18.3 Å². The fourth-order valence-electron chi connectivity index (χ4n) is 1.50. The minimum atomic E-state index is 0.342. The molecule has 0 spiro atoms. The highest BCUT2D eigenvalue weighted by molar-refractivity contribution is 6.43. The predicted octanol–water partition coefficient (Wildman–Crippen LogP) is 4.68. The van der Waals surface area contributed by atoms with Crippen molar-refractivity contribution in [3.05, 3.63) is 38.6 Å². The Bertz CT molecular complexity index is 662. The Kier molecular flexibility index (Phi) is 4.58. The van der Waals surface area contributed by atoms with Crippen molar-refractivity contribution in [2.45, 2.75) is 20.3 Å². The van der Waals surface area contributed by atoms with Crippen LogP contribution in [0.4, 0.5) is 5.82 Å². The third-order valence-electron chi connectivity index (χ3n) is 2.68. The highest BCUT2D eigenvalue weighted by atomic mass is 35.5. The minimum absolute atomic E-state index is 0.342. The first-order valence-corrected chi connectivity index (χ1v) is 7.01. The van der Waals surface area contributed by atoms with Gasteiger partial charge < -0.3 is 10.5 Å². The second-order valence-corrected chi connectivity index (χ2v) is 5.33. The molecule has 0 radical (unpaired) electrons. The van der Waals surface area contributed by atoms with E-state index in [4.69, 9.17) is 45.3 Å². The Morgan fingerprint density at radius 2 is 1.75 bits per heavy atom. The van der Waals surface area contributed by atoms with Gasteiger partial charge in [0.25, 0.3) is 0 Å². The van der Waals surface area contributed by atoms with E-state index in [1.54, 1.807) is 6.92 Å². The second kappa shape index (κ2) is 6.04. The zero-order valence-electron chi connectivity index (χ0n) is 10.9. The molecule has 0 aliphatic carbocycles. The molecule has 1 aromatic carbocycles. The predicted molar refractivity (Wildman–Crippen MR) is 82.1 cm³/mol. The van der Waals surface area contributed by atoms with Gasteiger partial charge in [-0.05, 0) is 13.0 Å². The van der Waals surface area contributed by atoms with Gasteiger partial charge in [-0.1, -0.05) is 41.7 Å². The lowest BCUT2D eigenvalue weighted by Gasteiger charge is -2.12. The molecule has 0 unspecified atom stereocenters. The Morgan fingerprint density at radius 3 is 2.40 bits per heavy atom. The average molecular weight is 333 g/mol. The van der Waals surface area contributed by atoms with E-state index in [2.05, 4.69) is 9.97 Å². The molecular formula is C13H12Cl3N3O. The molecule has 0 amide bonds. The summed E-state index contributed by atoms with van der Waals surface area (Å²) in [7, 11) is 0. The van der Waals surface area contributed by atoms with Crippen LogP contribution in [0.5, 0.6) is 11.6 Å². The number of rotatable bonds is 3. The van der Waals surface area contributed by atoms with Crippen LogP contribution in [0.25, 0.3) is 0 Å². The van der Waals surface area contributed by atoms with Crippen LogP contribution in [0.2, 0.25) is 15.1 Å². The van der Waals surface area contributed by atoms with Crippen molar-refractivity contribution < 1.29 is 4.74 Å². The number of hydrogen-bond acceptors (Lipinski definition) is 4. The van der Waals surface area contributed by atoms with Crippen LogP contribution < -0.4 is 10.5 Å². The average Bonchev–Trinajstić information content (AvgIpc) is 2.40. The van der Waals surface area contributed by atoms with Crippen LogP contribution in [0.3, 0.4) is 0 Å². The van der Waals surface area contributed by atoms with Gasteiger partial charge in [0.15, 0.2) is 0 Å².